The number of aromatic nitrogens is 2. The lowest BCUT2D eigenvalue weighted by molar-refractivity contribution is 0.0906. The van der Waals surface area contributed by atoms with E-state index in [0.717, 1.165) is 41.8 Å². The van der Waals surface area contributed by atoms with E-state index in [1.54, 1.807) is 12.1 Å². The zero-order chi connectivity index (χ0) is 20.9. The number of unbranched alkanes of at least 4 members (excludes halogenated alkanes) is 1. The second-order valence-corrected chi connectivity index (χ2v) is 7.74. The summed E-state index contributed by atoms with van der Waals surface area (Å²) in [6.45, 7) is 2.99. The molecule has 4 aromatic rings. The number of furan rings is 1. The Hall–Kier alpha value is -3.05. The molecule has 4 rings (SSSR count). The van der Waals surface area contributed by atoms with Gasteiger partial charge in [0.15, 0.2) is 5.76 Å². The summed E-state index contributed by atoms with van der Waals surface area (Å²) < 4.78 is 7.49. The molecule has 1 atom stereocenters. The van der Waals surface area contributed by atoms with Gasteiger partial charge in [0.05, 0.1) is 23.3 Å². The highest BCUT2D eigenvalue weighted by Crippen LogP contribution is 2.27. The lowest BCUT2D eigenvalue weighted by atomic mass is 10.0. The molecule has 0 saturated heterocycles. The van der Waals surface area contributed by atoms with E-state index in [9.17, 15) is 4.79 Å². The Bertz CT molecular complexity index is 1120. The Labute approximate surface area is 180 Å². The number of carbonyl (C=O) groups is 1. The average molecular weight is 422 g/mol. The van der Waals surface area contributed by atoms with Crippen LogP contribution in [0.2, 0.25) is 5.02 Å². The topological polar surface area (TPSA) is 60.1 Å². The number of carbonyl (C=O) groups excluding carboxylic acids is 1. The van der Waals surface area contributed by atoms with Gasteiger partial charge in [-0.1, -0.05) is 55.3 Å². The maximum atomic E-state index is 12.8. The molecule has 0 spiro atoms. The minimum Gasteiger partial charge on any atom is -0.459 e. The van der Waals surface area contributed by atoms with Gasteiger partial charge in [0, 0.05) is 11.6 Å². The van der Waals surface area contributed by atoms with Crippen LogP contribution in [0.5, 0.6) is 0 Å². The molecule has 0 aliphatic carbocycles. The predicted molar refractivity (Wildman–Crippen MR) is 119 cm³/mol. The summed E-state index contributed by atoms with van der Waals surface area (Å²) in [5.41, 5.74) is 2.97. The Balaban J connectivity index is 1.76. The first-order valence-corrected chi connectivity index (χ1v) is 10.6. The van der Waals surface area contributed by atoms with Crippen LogP contribution >= 0.6 is 11.6 Å². The minimum atomic E-state index is -0.312. The van der Waals surface area contributed by atoms with Crippen molar-refractivity contribution >= 4 is 28.5 Å². The number of fused-ring (bicyclic) bond motifs is 1. The van der Waals surface area contributed by atoms with Crippen molar-refractivity contribution in [3.8, 4) is 0 Å². The molecule has 1 unspecified atom stereocenters. The summed E-state index contributed by atoms with van der Waals surface area (Å²) in [5.74, 6) is 0.852. The molecule has 2 aromatic heterocycles. The summed E-state index contributed by atoms with van der Waals surface area (Å²) in [4.78, 5) is 17.7. The van der Waals surface area contributed by atoms with Gasteiger partial charge < -0.3 is 14.3 Å². The van der Waals surface area contributed by atoms with Crippen molar-refractivity contribution < 1.29 is 9.21 Å². The summed E-state index contributed by atoms with van der Waals surface area (Å²) in [6.07, 6.45) is 4.20. The first-order chi connectivity index (χ1) is 14.7. The number of benzene rings is 2. The van der Waals surface area contributed by atoms with Crippen LogP contribution in [-0.4, -0.2) is 15.5 Å². The van der Waals surface area contributed by atoms with Gasteiger partial charge in [-0.15, -0.1) is 0 Å². The molecular formula is C24H24ClN3O2. The first kappa shape index (κ1) is 20.2. The molecule has 1 amide bonds. The third-order valence-corrected chi connectivity index (χ3v) is 5.35. The second-order valence-electron chi connectivity index (χ2n) is 7.30. The number of nitrogens with zero attached hydrogens (tertiary/aromatic N) is 2. The fraction of sp³-hybridized carbons (Fsp3) is 0.250. The zero-order valence-corrected chi connectivity index (χ0v) is 17.6. The van der Waals surface area contributed by atoms with E-state index >= 15 is 0 Å². The van der Waals surface area contributed by atoms with Crippen LogP contribution in [0, 0.1) is 0 Å². The number of hydrogen-bond donors (Lipinski definition) is 1. The Kier molecular flexibility index (Phi) is 6.19. The largest absolute Gasteiger partial charge is 0.459 e. The number of imidazole rings is 1. The lowest BCUT2D eigenvalue weighted by Gasteiger charge is -2.20. The van der Waals surface area contributed by atoms with Gasteiger partial charge in [0.2, 0.25) is 0 Å². The quantitative estimate of drug-likeness (QED) is 0.391. The van der Waals surface area contributed by atoms with Crippen molar-refractivity contribution in [1.82, 2.24) is 14.9 Å². The standard InChI is InChI=1S/C24H24ClN3O2/c1-2-3-13-28-21-12-11-18(25)16-19(21)26-23(28)20(15-17-8-5-4-6-9-17)27-24(29)22-10-7-14-30-22/h4-12,14,16,20H,2-3,13,15H2,1H3,(H,27,29). The average Bonchev–Trinajstić information content (AvgIpc) is 3.40. The van der Waals surface area contributed by atoms with Gasteiger partial charge in [-0.2, -0.15) is 0 Å². The first-order valence-electron chi connectivity index (χ1n) is 10.2. The number of halogens is 1. The second kappa shape index (κ2) is 9.18. The molecule has 1 N–H and O–H groups in total. The van der Waals surface area contributed by atoms with Crippen molar-refractivity contribution in [1.29, 1.82) is 0 Å². The van der Waals surface area contributed by atoms with Crippen molar-refractivity contribution in [2.75, 3.05) is 0 Å². The summed E-state index contributed by atoms with van der Waals surface area (Å²) >= 11 is 6.21. The molecule has 154 valence electrons. The van der Waals surface area contributed by atoms with Crippen LogP contribution in [0.15, 0.2) is 71.3 Å². The van der Waals surface area contributed by atoms with Crippen LogP contribution in [0.1, 0.15) is 47.7 Å². The minimum absolute atomic E-state index is 0.256. The molecule has 0 aliphatic rings. The molecule has 6 heteroatoms. The number of hydrogen-bond acceptors (Lipinski definition) is 3. The Morgan fingerprint density at radius 1 is 1.17 bits per heavy atom. The molecule has 0 saturated carbocycles. The Morgan fingerprint density at radius 2 is 2.00 bits per heavy atom. The van der Waals surface area contributed by atoms with E-state index in [0.29, 0.717) is 11.4 Å². The van der Waals surface area contributed by atoms with Gasteiger partial charge in [-0.25, -0.2) is 4.98 Å². The number of aryl methyl sites for hydroxylation is 1. The van der Waals surface area contributed by atoms with E-state index in [1.807, 2.05) is 36.4 Å². The van der Waals surface area contributed by atoms with Crippen LogP contribution in [0.25, 0.3) is 11.0 Å². The number of rotatable bonds is 8. The molecule has 0 aliphatic heterocycles. The molecule has 0 bridgehead atoms. The SMILES string of the molecule is CCCCn1c(C(Cc2ccccc2)NC(=O)c2ccco2)nc2cc(Cl)ccc21. The third-order valence-electron chi connectivity index (χ3n) is 5.12. The highest BCUT2D eigenvalue weighted by Gasteiger charge is 2.24. The summed E-state index contributed by atoms with van der Waals surface area (Å²) in [5, 5.41) is 3.77. The van der Waals surface area contributed by atoms with Crippen molar-refractivity contribution in [3.63, 3.8) is 0 Å². The van der Waals surface area contributed by atoms with E-state index in [1.165, 1.54) is 6.26 Å². The number of nitrogens with one attached hydrogen (secondary N) is 1. The molecule has 2 heterocycles. The van der Waals surface area contributed by atoms with Gasteiger partial charge in [0.25, 0.3) is 5.91 Å². The van der Waals surface area contributed by atoms with E-state index in [4.69, 9.17) is 21.0 Å². The molecule has 0 radical (unpaired) electrons. The van der Waals surface area contributed by atoms with Crippen LogP contribution < -0.4 is 5.32 Å². The van der Waals surface area contributed by atoms with Crippen LogP contribution in [0.4, 0.5) is 0 Å². The lowest BCUT2D eigenvalue weighted by Crippen LogP contribution is -2.32. The van der Waals surface area contributed by atoms with E-state index < -0.39 is 0 Å². The Morgan fingerprint density at radius 3 is 2.73 bits per heavy atom. The monoisotopic (exact) mass is 421 g/mol. The number of amides is 1. The van der Waals surface area contributed by atoms with Gasteiger partial charge in [-0.05, 0) is 48.7 Å². The van der Waals surface area contributed by atoms with Crippen molar-refractivity contribution in [2.24, 2.45) is 0 Å². The van der Waals surface area contributed by atoms with E-state index in [-0.39, 0.29) is 17.7 Å². The third kappa shape index (κ3) is 4.41. The smallest absolute Gasteiger partial charge is 0.287 e. The molecular weight excluding hydrogens is 398 g/mol. The van der Waals surface area contributed by atoms with Gasteiger partial charge in [-0.3, -0.25) is 4.79 Å². The maximum Gasteiger partial charge on any atom is 0.287 e. The maximum absolute atomic E-state index is 12.8. The normalized spacial score (nSPS) is 12.2. The van der Waals surface area contributed by atoms with Crippen LogP contribution in [0.3, 0.4) is 0 Å². The fourth-order valence-corrected chi connectivity index (χ4v) is 3.80. The highest BCUT2D eigenvalue weighted by molar-refractivity contribution is 6.31. The van der Waals surface area contributed by atoms with Crippen molar-refractivity contribution in [2.45, 2.75) is 38.8 Å². The molecule has 2 aromatic carbocycles. The molecule has 5 nitrogen and oxygen atoms in total. The summed E-state index contributed by atoms with van der Waals surface area (Å²) in [7, 11) is 0. The van der Waals surface area contributed by atoms with Crippen molar-refractivity contribution in [3.05, 3.63) is 89.1 Å². The predicted octanol–water partition coefficient (Wildman–Crippen LogP) is 5.80. The fourth-order valence-electron chi connectivity index (χ4n) is 3.63. The summed E-state index contributed by atoms with van der Waals surface area (Å²) in [6, 6.07) is 18.9. The van der Waals surface area contributed by atoms with E-state index in [2.05, 4.69) is 28.9 Å². The highest BCUT2D eigenvalue weighted by atomic mass is 35.5. The zero-order valence-electron chi connectivity index (χ0n) is 16.8. The molecule has 30 heavy (non-hydrogen) atoms. The van der Waals surface area contributed by atoms with Gasteiger partial charge in [0.1, 0.15) is 5.82 Å². The molecule has 0 fully saturated rings. The van der Waals surface area contributed by atoms with Gasteiger partial charge >= 0.3 is 0 Å². The van der Waals surface area contributed by atoms with Crippen LogP contribution in [-0.2, 0) is 13.0 Å².